The van der Waals surface area contributed by atoms with E-state index in [1.54, 1.807) is 0 Å². The maximum absolute atomic E-state index is 4.37. The standard InChI is InChI=1S/C15H20N4/c1-18-9-8-17-15(18)11-19(2)13-6-5-12-4-3-7-16-14(12)10-13/h5-6,8-10,16H,3-4,7,11H2,1-2H3. The lowest BCUT2D eigenvalue weighted by molar-refractivity contribution is 0.761. The average molecular weight is 256 g/mol. The maximum atomic E-state index is 4.37. The van der Waals surface area contributed by atoms with Crippen LogP contribution in [0.3, 0.4) is 0 Å². The number of hydrogen-bond acceptors (Lipinski definition) is 3. The first-order chi connectivity index (χ1) is 9.24. The van der Waals surface area contributed by atoms with Gasteiger partial charge in [0, 0.05) is 44.4 Å². The lowest BCUT2D eigenvalue weighted by atomic mass is 10.0. The van der Waals surface area contributed by atoms with Gasteiger partial charge in [0.15, 0.2) is 0 Å². The van der Waals surface area contributed by atoms with E-state index in [9.17, 15) is 0 Å². The third-order valence-corrected chi connectivity index (χ3v) is 3.77. The molecule has 0 radical (unpaired) electrons. The van der Waals surface area contributed by atoms with Crippen LogP contribution in [0.5, 0.6) is 0 Å². The zero-order valence-corrected chi connectivity index (χ0v) is 11.6. The molecule has 2 aromatic rings. The van der Waals surface area contributed by atoms with E-state index in [2.05, 4.69) is 45.0 Å². The minimum absolute atomic E-state index is 0.822. The number of hydrogen-bond donors (Lipinski definition) is 1. The van der Waals surface area contributed by atoms with Gasteiger partial charge in [0.1, 0.15) is 5.82 Å². The average Bonchev–Trinajstić information content (AvgIpc) is 2.84. The monoisotopic (exact) mass is 256 g/mol. The normalized spacial score (nSPS) is 13.8. The van der Waals surface area contributed by atoms with E-state index < -0.39 is 0 Å². The summed E-state index contributed by atoms with van der Waals surface area (Å²) in [4.78, 5) is 6.61. The molecular weight excluding hydrogens is 236 g/mol. The van der Waals surface area contributed by atoms with Crippen LogP contribution in [0.4, 0.5) is 11.4 Å². The summed E-state index contributed by atoms with van der Waals surface area (Å²) in [5, 5.41) is 3.48. The van der Waals surface area contributed by atoms with Gasteiger partial charge in [-0.2, -0.15) is 0 Å². The van der Waals surface area contributed by atoms with E-state index in [1.165, 1.54) is 29.8 Å². The highest BCUT2D eigenvalue weighted by Crippen LogP contribution is 2.27. The Hall–Kier alpha value is -1.97. The zero-order chi connectivity index (χ0) is 13.2. The highest BCUT2D eigenvalue weighted by molar-refractivity contribution is 5.63. The molecule has 19 heavy (non-hydrogen) atoms. The van der Waals surface area contributed by atoms with Gasteiger partial charge in [0.2, 0.25) is 0 Å². The van der Waals surface area contributed by atoms with Crippen molar-refractivity contribution in [2.45, 2.75) is 19.4 Å². The summed E-state index contributed by atoms with van der Waals surface area (Å²) in [5.74, 6) is 1.08. The van der Waals surface area contributed by atoms with Gasteiger partial charge in [0.05, 0.1) is 6.54 Å². The van der Waals surface area contributed by atoms with Crippen molar-refractivity contribution < 1.29 is 0 Å². The summed E-state index contributed by atoms with van der Waals surface area (Å²) in [5.41, 5.74) is 3.95. The van der Waals surface area contributed by atoms with Crippen LogP contribution in [0.1, 0.15) is 17.8 Å². The molecule has 100 valence electrons. The molecule has 1 aromatic carbocycles. The van der Waals surface area contributed by atoms with E-state index in [-0.39, 0.29) is 0 Å². The summed E-state index contributed by atoms with van der Waals surface area (Å²) in [6.07, 6.45) is 6.25. The molecule has 0 unspecified atom stereocenters. The van der Waals surface area contributed by atoms with E-state index in [1.807, 2.05) is 19.4 Å². The summed E-state index contributed by atoms with van der Waals surface area (Å²) in [6.45, 7) is 1.90. The molecule has 2 heterocycles. The predicted molar refractivity (Wildman–Crippen MR) is 78.6 cm³/mol. The quantitative estimate of drug-likeness (QED) is 0.915. The first-order valence-electron chi connectivity index (χ1n) is 6.78. The van der Waals surface area contributed by atoms with Gasteiger partial charge in [-0.05, 0) is 30.5 Å². The number of benzene rings is 1. The fourth-order valence-electron chi connectivity index (χ4n) is 2.54. The Morgan fingerprint density at radius 1 is 1.42 bits per heavy atom. The van der Waals surface area contributed by atoms with Crippen LogP contribution in [0, 0.1) is 0 Å². The Bertz CT molecular complexity index is 573. The van der Waals surface area contributed by atoms with Crippen LogP contribution in [0.2, 0.25) is 0 Å². The molecule has 1 aliphatic heterocycles. The third kappa shape index (κ3) is 2.43. The van der Waals surface area contributed by atoms with E-state index in [0.29, 0.717) is 0 Å². The molecule has 0 saturated carbocycles. The Labute approximate surface area is 114 Å². The fraction of sp³-hybridized carbons (Fsp3) is 0.400. The molecular formula is C15H20N4. The molecule has 4 nitrogen and oxygen atoms in total. The SMILES string of the molecule is CN(Cc1nccn1C)c1ccc2c(c1)NCCC2. The van der Waals surface area contributed by atoms with Crippen molar-refractivity contribution in [3.63, 3.8) is 0 Å². The van der Waals surface area contributed by atoms with Crippen molar-refractivity contribution in [3.8, 4) is 0 Å². The lowest BCUT2D eigenvalue weighted by Crippen LogP contribution is -2.20. The van der Waals surface area contributed by atoms with Crippen molar-refractivity contribution >= 4 is 11.4 Å². The smallest absolute Gasteiger partial charge is 0.127 e. The highest BCUT2D eigenvalue weighted by Gasteiger charge is 2.11. The maximum Gasteiger partial charge on any atom is 0.127 e. The van der Waals surface area contributed by atoms with E-state index >= 15 is 0 Å². The minimum Gasteiger partial charge on any atom is -0.385 e. The number of rotatable bonds is 3. The van der Waals surface area contributed by atoms with E-state index in [4.69, 9.17) is 0 Å². The largest absolute Gasteiger partial charge is 0.385 e. The van der Waals surface area contributed by atoms with Crippen LogP contribution in [0.25, 0.3) is 0 Å². The summed E-state index contributed by atoms with van der Waals surface area (Å²) in [6, 6.07) is 6.69. The number of fused-ring (bicyclic) bond motifs is 1. The van der Waals surface area contributed by atoms with Gasteiger partial charge in [0.25, 0.3) is 0 Å². The Kier molecular flexibility index (Phi) is 3.15. The number of anilines is 2. The molecule has 0 spiro atoms. The van der Waals surface area contributed by atoms with Gasteiger partial charge in [-0.15, -0.1) is 0 Å². The molecule has 0 bridgehead atoms. The summed E-state index contributed by atoms with van der Waals surface area (Å²) < 4.78 is 2.06. The second-order valence-corrected chi connectivity index (χ2v) is 5.18. The Morgan fingerprint density at radius 2 is 2.32 bits per heavy atom. The molecule has 3 rings (SSSR count). The molecule has 1 aromatic heterocycles. The number of nitrogens with zero attached hydrogens (tertiary/aromatic N) is 3. The highest BCUT2D eigenvalue weighted by atomic mass is 15.2. The molecule has 0 amide bonds. The molecule has 4 heteroatoms. The van der Waals surface area contributed by atoms with Crippen LogP contribution in [0.15, 0.2) is 30.6 Å². The molecule has 0 atom stereocenters. The van der Waals surface area contributed by atoms with Gasteiger partial charge in [-0.3, -0.25) is 0 Å². The van der Waals surface area contributed by atoms with Crippen molar-refractivity contribution in [2.24, 2.45) is 7.05 Å². The topological polar surface area (TPSA) is 33.1 Å². The molecule has 0 saturated heterocycles. The van der Waals surface area contributed by atoms with Crippen LogP contribution >= 0.6 is 0 Å². The minimum atomic E-state index is 0.822. The van der Waals surface area contributed by atoms with Crippen LogP contribution in [-0.4, -0.2) is 23.1 Å². The molecule has 1 N–H and O–H groups in total. The van der Waals surface area contributed by atoms with Crippen molar-refractivity contribution in [1.82, 2.24) is 9.55 Å². The number of imidazole rings is 1. The first-order valence-corrected chi connectivity index (χ1v) is 6.78. The number of nitrogens with one attached hydrogen (secondary N) is 1. The third-order valence-electron chi connectivity index (χ3n) is 3.77. The Balaban J connectivity index is 1.80. The molecule has 1 aliphatic rings. The van der Waals surface area contributed by atoms with Crippen molar-refractivity contribution in [2.75, 3.05) is 23.8 Å². The van der Waals surface area contributed by atoms with Gasteiger partial charge >= 0.3 is 0 Å². The zero-order valence-electron chi connectivity index (χ0n) is 11.6. The predicted octanol–water partition coefficient (Wildman–Crippen LogP) is 2.41. The van der Waals surface area contributed by atoms with Gasteiger partial charge < -0.3 is 14.8 Å². The van der Waals surface area contributed by atoms with Crippen molar-refractivity contribution in [1.29, 1.82) is 0 Å². The van der Waals surface area contributed by atoms with Crippen LogP contribution in [-0.2, 0) is 20.0 Å². The summed E-state index contributed by atoms with van der Waals surface area (Å²) >= 11 is 0. The number of aromatic nitrogens is 2. The number of aryl methyl sites for hydroxylation is 2. The van der Waals surface area contributed by atoms with Gasteiger partial charge in [-0.1, -0.05) is 6.07 Å². The summed E-state index contributed by atoms with van der Waals surface area (Å²) in [7, 11) is 4.14. The first kappa shape index (κ1) is 12.1. The fourth-order valence-corrected chi connectivity index (χ4v) is 2.54. The van der Waals surface area contributed by atoms with Crippen LogP contribution < -0.4 is 10.2 Å². The van der Waals surface area contributed by atoms with Gasteiger partial charge in [-0.25, -0.2) is 4.98 Å². The Morgan fingerprint density at radius 3 is 3.11 bits per heavy atom. The van der Waals surface area contributed by atoms with E-state index in [0.717, 1.165) is 18.9 Å². The second-order valence-electron chi connectivity index (χ2n) is 5.18. The van der Waals surface area contributed by atoms with Crippen molar-refractivity contribution in [3.05, 3.63) is 42.0 Å². The molecule has 0 aliphatic carbocycles. The molecule has 0 fully saturated rings. The second kappa shape index (κ2) is 4.96. The lowest BCUT2D eigenvalue weighted by Gasteiger charge is -2.23.